The zero-order chi connectivity index (χ0) is 19.4. The van der Waals surface area contributed by atoms with Crippen molar-refractivity contribution in [2.24, 2.45) is 5.92 Å². The molecule has 0 radical (unpaired) electrons. The minimum absolute atomic E-state index is 0.129. The normalized spacial score (nSPS) is 19.2. The van der Waals surface area contributed by atoms with E-state index in [1.54, 1.807) is 12.1 Å². The van der Waals surface area contributed by atoms with Gasteiger partial charge in [-0.05, 0) is 48.6 Å². The van der Waals surface area contributed by atoms with E-state index in [0.29, 0.717) is 17.3 Å². The lowest BCUT2D eigenvalue weighted by Crippen LogP contribution is -2.16. The number of rotatable bonds is 4. The fourth-order valence-electron chi connectivity index (χ4n) is 3.95. The fourth-order valence-corrected chi connectivity index (χ4v) is 3.95. The summed E-state index contributed by atoms with van der Waals surface area (Å²) < 4.78 is 29.1. The summed E-state index contributed by atoms with van der Waals surface area (Å²) >= 11 is 0. The Balaban J connectivity index is 1.54. The Labute approximate surface area is 158 Å². The number of aliphatic hydroxyl groups is 1. The van der Waals surface area contributed by atoms with Crippen LogP contribution in [-0.4, -0.2) is 25.8 Å². The highest BCUT2D eigenvalue weighted by atomic mass is 19.1. The molecule has 2 heterocycles. The van der Waals surface area contributed by atoms with Crippen LogP contribution in [0.2, 0.25) is 0 Å². The van der Waals surface area contributed by atoms with Crippen molar-refractivity contribution >= 4 is 11.7 Å². The number of anilines is 1. The Kier molecular flexibility index (Phi) is 3.77. The van der Waals surface area contributed by atoms with E-state index in [-0.39, 0.29) is 23.9 Å². The van der Waals surface area contributed by atoms with Gasteiger partial charge in [-0.1, -0.05) is 0 Å². The van der Waals surface area contributed by atoms with Gasteiger partial charge in [-0.15, -0.1) is 0 Å². The van der Waals surface area contributed by atoms with Gasteiger partial charge in [0.25, 0.3) is 5.91 Å². The highest BCUT2D eigenvalue weighted by molar-refractivity contribution is 6.03. The number of aliphatic hydroxyl groups excluding tert-OH is 1. The third-order valence-corrected chi connectivity index (χ3v) is 5.36. The maximum atomic E-state index is 14.4. The highest BCUT2D eigenvalue weighted by Gasteiger charge is 2.50. The van der Waals surface area contributed by atoms with Gasteiger partial charge in [0.05, 0.1) is 12.3 Å². The predicted molar refractivity (Wildman–Crippen MR) is 96.1 cm³/mol. The molecule has 1 fully saturated rings. The molecule has 1 amide bonds. The van der Waals surface area contributed by atoms with E-state index in [0.717, 1.165) is 30.2 Å². The average Bonchev–Trinajstić information content (AvgIpc) is 3.18. The van der Waals surface area contributed by atoms with Gasteiger partial charge in [0.2, 0.25) is 0 Å². The highest BCUT2D eigenvalue weighted by Crippen LogP contribution is 2.57. The summed E-state index contributed by atoms with van der Waals surface area (Å²) in [6.45, 7) is -0.164. The summed E-state index contributed by atoms with van der Waals surface area (Å²) in [7, 11) is 0. The Hall–Kier alpha value is -3.13. The number of nitrogens with one attached hydrogen (secondary N) is 1. The summed E-state index contributed by atoms with van der Waals surface area (Å²) in [6, 6.07) is 6.55. The second-order valence-corrected chi connectivity index (χ2v) is 7.19. The standard InChI is InChI=1S/C20H16F2N4O2/c21-12-1-2-16(15(22)8-12)26-19-13-6-11(13)7-14(19)18(25-26)20(28)24-17-5-10(9-27)3-4-23-17/h1-5,8,11,13,27H,6-7,9H2,(H,23,24,28)/t11-,13-/m1/s1. The van der Waals surface area contributed by atoms with Crippen molar-refractivity contribution in [3.63, 3.8) is 0 Å². The topological polar surface area (TPSA) is 80.0 Å². The van der Waals surface area contributed by atoms with Crippen LogP contribution in [0.5, 0.6) is 0 Å². The number of amides is 1. The molecule has 1 saturated carbocycles. The minimum Gasteiger partial charge on any atom is -0.392 e. The molecule has 3 aromatic rings. The molecule has 8 heteroatoms. The van der Waals surface area contributed by atoms with E-state index < -0.39 is 17.5 Å². The van der Waals surface area contributed by atoms with Gasteiger partial charge in [0, 0.05) is 23.7 Å². The first-order valence-corrected chi connectivity index (χ1v) is 8.99. The van der Waals surface area contributed by atoms with Crippen LogP contribution in [0, 0.1) is 17.6 Å². The molecule has 0 bridgehead atoms. The Morgan fingerprint density at radius 3 is 2.93 bits per heavy atom. The van der Waals surface area contributed by atoms with Gasteiger partial charge >= 0.3 is 0 Å². The number of hydrogen-bond donors (Lipinski definition) is 2. The lowest BCUT2D eigenvalue weighted by Gasteiger charge is -2.07. The molecular weight excluding hydrogens is 366 g/mol. The largest absolute Gasteiger partial charge is 0.392 e. The van der Waals surface area contributed by atoms with E-state index in [1.807, 2.05) is 0 Å². The molecular formula is C20H16F2N4O2. The maximum Gasteiger partial charge on any atom is 0.277 e. The number of carbonyl (C=O) groups excluding carboxylic acids is 1. The Bertz CT molecular complexity index is 1110. The number of fused-ring (bicyclic) bond motifs is 3. The summed E-state index contributed by atoms with van der Waals surface area (Å²) in [5, 5.41) is 16.3. The average molecular weight is 382 g/mol. The van der Waals surface area contributed by atoms with Gasteiger partial charge in [0.1, 0.15) is 17.3 Å². The first kappa shape index (κ1) is 17.0. The van der Waals surface area contributed by atoms with Crippen LogP contribution in [0.1, 0.15) is 39.6 Å². The third kappa shape index (κ3) is 2.68. The van der Waals surface area contributed by atoms with Crippen molar-refractivity contribution < 1.29 is 18.7 Å². The van der Waals surface area contributed by atoms with Crippen LogP contribution in [0.25, 0.3) is 5.69 Å². The van der Waals surface area contributed by atoms with E-state index >= 15 is 0 Å². The van der Waals surface area contributed by atoms with Crippen LogP contribution in [0.4, 0.5) is 14.6 Å². The molecule has 2 N–H and O–H groups in total. The van der Waals surface area contributed by atoms with Crippen molar-refractivity contribution in [1.29, 1.82) is 0 Å². The number of pyridine rings is 1. The quantitative estimate of drug-likeness (QED) is 0.727. The van der Waals surface area contributed by atoms with E-state index in [4.69, 9.17) is 0 Å². The van der Waals surface area contributed by atoms with Crippen LogP contribution < -0.4 is 5.32 Å². The van der Waals surface area contributed by atoms with Crippen LogP contribution in [0.3, 0.4) is 0 Å². The zero-order valence-electron chi connectivity index (χ0n) is 14.7. The summed E-state index contributed by atoms with van der Waals surface area (Å²) in [6.07, 6.45) is 3.20. The molecule has 0 aliphatic heterocycles. The van der Waals surface area contributed by atoms with Gasteiger partial charge in [-0.25, -0.2) is 18.4 Å². The molecule has 142 valence electrons. The molecule has 1 aromatic carbocycles. The van der Waals surface area contributed by atoms with Crippen LogP contribution in [-0.2, 0) is 13.0 Å². The Morgan fingerprint density at radius 1 is 1.29 bits per heavy atom. The third-order valence-electron chi connectivity index (χ3n) is 5.36. The lowest BCUT2D eigenvalue weighted by atomic mass is 10.1. The number of hydrogen-bond acceptors (Lipinski definition) is 4. The molecule has 0 unspecified atom stereocenters. The first-order chi connectivity index (χ1) is 13.5. The lowest BCUT2D eigenvalue weighted by molar-refractivity contribution is 0.102. The van der Waals surface area contributed by atoms with Gasteiger partial charge < -0.3 is 10.4 Å². The van der Waals surface area contributed by atoms with Crippen LogP contribution in [0.15, 0.2) is 36.5 Å². The number of halogens is 2. The van der Waals surface area contributed by atoms with Gasteiger partial charge in [-0.3, -0.25) is 4.79 Å². The van der Waals surface area contributed by atoms with E-state index in [2.05, 4.69) is 15.4 Å². The monoisotopic (exact) mass is 382 g/mol. The number of aromatic nitrogens is 3. The molecule has 6 nitrogen and oxygen atoms in total. The summed E-state index contributed by atoms with van der Waals surface area (Å²) in [5.74, 6) is -0.826. The van der Waals surface area contributed by atoms with Crippen molar-refractivity contribution in [1.82, 2.24) is 14.8 Å². The number of nitrogens with zero attached hydrogens (tertiary/aromatic N) is 3. The van der Waals surface area contributed by atoms with Crippen molar-refractivity contribution in [3.8, 4) is 5.69 Å². The SMILES string of the molecule is O=C(Nc1cc(CO)ccn1)c1nn(-c2ccc(F)cc2F)c2c1C[C@H]1C[C@@H]21. The zero-order valence-corrected chi connectivity index (χ0v) is 14.7. The predicted octanol–water partition coefficient (Wildman–Crippen LogP) is 2.95. The second-order valence-electron chi connectivity index (χ2n) is 7.19. The van der Waals surface area contributed by atoms with Crippen molar-refractivity contribution in [2.45, 2.75) is 25.4 Å². The molecule has 2 aromatic heterocycles. The molecule has 2 aliphatic carbocycles. The van der Waals surface area contributed by atoms with Crippen molar-refractivity contribution in [2.75, 3.05) is 5.32 Å². The minimum atomic E-state index is -0.723. The smallest absolute Gasteiger partial charge is 0.277 e. The van der Waals surface area contributed by atoms with E-state index in [1.165, 1.54) is 23.0 Å². The molecule has 28 heavy (non-hydrogen) atoms. The molecule has 2 atom stereocenters. The molecule has 2 aliphatic rings. The molecule has 0 spiro atoms. The van der Waals surface area contributed by atoms with Gasteiger partial charge in [0.15, 0.2) is 11.5 Å². The van der Waals surface area contributed by atoms with Gasteiger partial charge in [-0.2, -0.15) is 5.10 Å². The second kappa shape index (κ2) is 6.20. The number of carbonyl (C=O) groups is 1. The molecule has 0 saturated heterocycles. The summed E-state index contributed by atoms with van der Waals surface area (Å²) in [5.41, 5.74) is 2.61. The molecule has 5 rings (SSSR count). The van der Waals surface area contributed by atoms with E-state index in [9.17, 15) is 18.7 Å². The van der Waals surface area contributed by atoms with Crippen LogP contribution >= 0.6 is 0 Å². The fraction of sp³-hybridized carbons (Fsp3) is 0.250. The Morgan fingerprint density at radius 2 is 2.14 bits per heavy atom. The van der Waals surface area contributed by atoms with Crippen molar-refractivity contribution in [3.05, 3.63) is 70.7 Å². The maximum absolute atomic E-state index is 14.4. The summed E-state index contributed by atoms with van der Waals surface area (Å²) in [4.78, 5) is 16.9. The number of benzene rings is 1. The first-order valence-electron chi connectivity index (χ1n) is 8.99.